The minimum absolute atomic E-state index is 0.0844. The molecule has 17 heavy (non-hydrogen) atoms. The van der Waals surface area contributed by atoms with Crippen molar-refractivity contribution in [2.45, 2.75) is 19.3 Å². The number of aromatic nitrogens is 1. The molecule has 0 aromatic carbocycles. The molecule has 1 amide bonds. The van der Waals surface area contributed by atoms with Crippen molar-refractivity contribution in [1.29, 1.82) is 0 Å². The monoisotopic (exact) mass is 255 g/mol. The molecule has 1 aromatic rings. The number of aromatic carboxylic acids is 1. The average molecular weight is 255 g/mol. The first kappa shape index (κ1) is 12.0. The lowest BCUT2D eigenvalue weighted by Gasteiger charge is -2.26. The summed E-state index contributed by atoms with van der Waals surface area (Å²) in [5.41, 5.74) is 2.65. The zero-order valence-electron chi connectivity index (χ0n) is 9.18. The summed E-state index contributed by atoms with van der Waals surface area (Å²) in [6.45, 7) is 1.67. The lowest BCUT2D eigenvalue weighted by Crippen LogP contribution is -2.45. The van der Waals surface area contributed by atoms with Crippen LogP contribution in [0.15, 0.2) is 5.38 Å². The van der Waals surface area contributed by atoms with Crippen LogP contribution in [0.1, 0.15) is 39.6 Å². The van der Waals surface area contributed by atoms with Gasteiger partial charge in [-0.3, -0.25) is 10.2 Å². The number of carbonyl (C=O) groups excluding carboxylic acids is 1. The number of nitrogens with one attached hydrogen (secondary N) is 1. The summed E-state index contributed by atoms with van der Waals surface area (Å²) in [7, 11) is 0. The Balaban J connectivity index is 1.96. The van der Waals surface area contributed by atoms with Gasteiger partial charge in [0.25, 0.3) is 5.91 Å². The highest BCUT2D eigenvalue weighted by Gasteiger charge is 2.18. The van der Waals surface area contributed by atoms with E-state index in [4.69, 9.17) is 5.11 Å². The third kappa shape index (κ3) is 3.01. The summed E-state index contributed by atoms with van der Waals surface area (Å²) in [4.78, 5) is 26.1. The summed E-state index contributed by atoms with van der Waals surface area (Å²) in [6, 6.07) is 0. The molecule has 0 spiro atoms. The maximum absolute atomic E-state index is 11.8. The van der Waals surface area contributed by atoms with E-state index in [9.17, 15) is 9.59 Å². The highest BCUT2D eigenvalue weighted by Crippen LogP contribution is 2.11. The second kappa shape index (κ2) is 5.24. The Hall–Kier alpha value is -1.47. The molecule has 1 fully saturated rings. The summed E-state index contributed by atoms with van der Waals surface area (Å²) in [6.07, 6.45) is 3.32. The van der Waals surface area contributed by atoms with Gasteiger partial charge >= 0.3 is 5.97 Å². The van der Waals surface area contributed by atoms with E-state index in [2.05, 4.69) is 10.4 Å². The van der Waals surface area contributed by atoms with Crippen LogP contribution in [0.5, 0.6) is 0 Å². The molecule has 1 aliphatic rings. The van der Waals surface area contributed by atoms with E-state index >= 15 is 0 Å². The van der Waals surface area contributed by atoms with Gasteiger partial charge in [-0.25, -0.2) is 14.8 Å². The average Bonchev–Trinajstić information content (AvgIpc) is 2.79. The van der Waals surface area contributed by atoms with Gasteiger partial charge in [0.05, 0.1) is 0 Å². The molecule has 0 atom stereocenters. The standard InChI is InChI=1S/C10H13N3O3S/c14-8(12-13-4-2-1-3-5-13)9-11-7(6-17-9)10(15)16/h6H,1-5H2,(H,12,14)(H,15,16). The quantitative estimate of drug-likeness (QED) is 0.841. The van der Waals surface area contributed by atoms with Gasteiger partial charge in [0.15, 0.2) is 10.7 Å². The lowest BCUT2D eigenvalue weighted by atomic mass is 10.2. The Bertz CT molecular complexity index is 426. The fraction of sp³-hybridized carbons (Fsp3) is 0.500. The van der Waals surface area contributed by atoms with Gasteiger partial charge in [-0.05, 0) is 12.8 Å². The Morgan fingerprint density at radius 1 is 1.35 bits per heavy atom. The molecule has 92 valence electrons. The van der Waals surface area contributed by atoms with Crippen molar-refractivity contribution in [3.05, 3.63) is 16.1 Å². The van der Waals surface area contributed by atoms with Crippen LogP contribution in [0.4, 0.5) is 0 Å². The third-order valence-corrected chi connectivity index (χ3v) is 3.37. The molecular formula is C10H13N3O3S. The molecule has 0 saturated carbocycles. The summed E-state index contributed by atoms with van der Waals surface area (Å²) >= 11 is 1.04. The molecule has 2 heterocycles. The smallest absolute Gasteiger partial charge is 0.355 e. The number of piperidine rings is 1. The number of hydrazine groups is 1. The molecule has 1 aliphatic heterocycles. The van der Waals surface area contributed by atoms with Crippen LogP contribution in [-0.4, -0.2) is 40.1 Å². The number of hydrogen-bond donors (Lipinski definition) is 2. The lowest BCUT2D eigenvalue weighted by molar-refractivity contribution is 0.0691. The molecule has 2 rings (SSSR count). The fourth-order valence-electron chi connectivity index (χ4n) is 1.67. The second-order valence-corrected chi connectivity index (χ2v) is 4.69. The number of thiazole rings is 1. The maximum Gasteiger partial charge on any atom is 0.355 e. The first-order valence-electron chi connectivity index (χ1n) is 5.41. The van der Waals surface area contributed by atoms with Crippen LogP contribution >= 0.6 is 11.3 Å². The molecule has 1 saturated heterocycles. The molecule has 1 aromatic heterocycles. The summed E-state index contributed by atoms with van der Waals surface area (Å²) in [5.74, 6) is -1.44. The topological polar surface area (TPSA) is 82.5 Å². The van der Waals surface area contributed by atoms with Crippen LogP contribution in [-0.2, 0) is 0 Å². The molecular weight excluding hydrogens is 242 g/mol. The number of amides is 1. The van der Waals surface area contributed by atoms with Crippen LogP contribution < -0.4 is 5.43 Å². The third-order valence-electron chi connectivity index (χ3n) is 2.53. The van der Waals surface area contributed by atoms with E-state index < -0.39 is 5.97 Å². The van der Waals surface area contributed by atoms with E-state index in [1.807, 2.05) is 5.01 Å². The summed E-state index contributed by atoms with van der Waals surface area (Å²) < 4.78 is 0. The maximum atomic E-state index is 11.8. The van der Waals surface area contributed by atoms with E-state index in [-0.39, 0.29) is 16.6 Å². The van der Waals surface area contributed by atoms with Crippen molar-refractivity contribution in [2.24, 2.45) is 0 Å². The summed E-state index contributed by atoms with van der Waals surface area (Å²) in [5, 5.41) is 12.1. The molecule has 2 N–H and O–H groups in total. The van der Waals surface area contributed by atoms with E-state index in [0.717, 1.165) is 37.3 Å². The van der Waals surface area contributed by atoms with Crippen LogP contribution in [0.3, 0.4) is 0 Å². The molecule has 0 radical (unpaired) electrons. The number of carboxylic acids is 1. The largest absolute Gasteiger partial charge is 0.476 e. The van der Waals surface area contributed by atoms with Crippen LogP contribution in [0, 0.1) is 0 Å². The minimum atomic E-state index is -1.11. The Labute approximate surface area is 102 Å². The highest BCUT2D eigenvalue weighted by atomic mass is 32.1. The van der Waals surface area contributed by atoms with E-state index in [0.29, 0.717) is 0 Å². The van der Waals surface area contributed by atoms with E-state index in [1.165, 1.54) is 11.8 Å². The number of rotatable bonds is 3. The van der Waals surface area contributed by atoms with Crippen LogP contribution in [0.25, 0.3) is 0 Å². The highest BCUT2D eigenvalue weighted by molar-refractivity contribution is 7.11. The van der Waals surface area contributed by atoms with Crippen LogP contribution in [0.2, 0.25) is 0 Å². The fourth-order valence-corrected chi connectivity index (χ4v) is 2.35. The number of nitrogens with zero attached hydrogens (tertiary/aromatic N) is 2. The van der Waals surface area contributed by atoms with Crippen molar-refractivity contribution in [3.8, 4) is 0 Å². The number of carbonyl (C=O) groups is 2. The zero-order chi connectivity index (χ0) is 12.3. The van der Waals surface area contributed by atoms with Gasteiger partial charge < -0.3 is 5.11 Å². The van der Waals surface area contributed by atoms with Crippen molar-refractivity contribution in [3.63, 3.8) is 0 Å². The predicted molar refractivity (Wildman–Crippen MR) is 62.0 cm³/mol. The van der Waals surface area contributed by atoms with Crippen molar-refractivity contribution in [1.82, 2.24) is 15.4 Å². The van der Waals surface area contributed by atoms with Gasteiger partial charge in [-0.15, -0.1) is 11.3 Å². The number of carboxylic acid groups (broad SMARTS) is 1. The Morgan fingerprint density at radius 3 is 2.65 bits per heavy atom. The normalized spacial score (nSPS) is 16.7. The SMILES string of the molecule is O=C(O)c1csc(C(=O)NN2CCCCC2)n1. The van der Waals surface area contributed by atoms with Gasteiger partial charge in [0.2, 0.25) is 0 Å². The minimum Gasteiger partial charge on any atom is -0.476 e. The van der Waals surface area contributed by atoms with Gasteiger partial charge in [-0.1, -0.05) is 6.42 Å². The van der Waals surface area contributed by atoms with Gasteiger partial charge in [0, 0.05) is 18.5 Å². The van der Waals surface area contributed by atoms with Crippen molar-refractivity contribution >= 4 is 23.2 Å². The second-order valence-electron chi connectivity index (χ2n) is 3.83. The molecule has 0 bridgehead atoms. The van der Waals surface area contributed by atoms with Crippen molar-refractivity contribution < 1.29 is 14.7 Å². The first-order chi connectivity index (χ1) is 8.16. The van der Waals surface area contributed by atoms with Gasteiger partial charge in [0.1, 0.15) is 0 Å². The Morgan fingerprint density at radius 2 is 2.06 bits per heavy atom. The number of hydrogen-bond acceptors (Lipinski definition) is 5. The molecule has 7 heteroatoms. The van der Waals surface area contributed by atoms with Gasteiger partial charge in [-0.2, -0.15) is 0 Å². The van der Waals surface area contributed by atoms with E-state index in [1.54, 1.807) is 0 Å². The predicted octanol–water partition coefficient (Wildman–Crippen LogP) is 0.972. The molecule has 0 aliphatic carbocycles. The van der Waals surface area contributed by atoms with Crippen molar-refractivity contribution in [2.75, 3.05) is 13.1 Å². The molecule has 6 nitrogen and oxygen atoms in total. The Kier molecular flexibility index (Phi) is 3.70. The molecule has 0 unspecified atom stereocenters. The zero-order valence-corrected chi connectivity index (χ0v) is 10.00. The first-order valence-corrected chi connectivity index (χ1v) is 6.29.